The molecule has 3 heterocycles. The van der Waals surface area contributed by atoms with Crippen molar-refractivity contribution in [3.63, 3.8) is 0 Å². The summed E-state index contributed by atoms with van der Waals surface area (Å²) in [5.74, 6) is -0.157. The maximum absolute atomic E-state index is 12.4. The fourth-order valence-corrected chi connectivity index (χ4v) is 2.87. The summed E-state index contributed by atoms with van der Waals surface area (Å²) in [6, 6.07) is 6.04. The van der Waals surface area contributed by atoms with E-state index in [1.807, 2.05) is 0 Å². The van der Waals surface area contributed by atoms with E-state index in [4.69, 9.17) is 4.42 Å². The van der Waals surface area contributed by atoms with Gasteiger partial charge in [-0.1, -0.05) is 0 Å². The second-order valence-corrected chi connectivity index (χ2v) is 5.11. The zero-order valence-electron chi connectivity index (χ0n) is 10.2. The number of hydrogen-bond acceptors (Lipinski definition) is 6. The lowest BCUT2D eigenvalue weighted by molar-refractivity contribution is -0.402. The van der Waals surface area contributed by atoms with Gasteiger partial charge in [0.1, 0.15) is 9.95 Å². The first-order chi connectivity index (χ1) is 9.66. The molecular weight excluding hydrogens is 282 g/mol. The van der Waals surface area contributed by atoms with Gasteiger partial charge in [-0.05, 0) is 18.2 Å². The van der Waals surface area contributed by atoms with Gasteiger partial charge in [0.25, 0.3) is 5.91 Å². The number of anilines is 1. The molecule has 1 aliphatic heterocycles. The van der Waals surface area contributed by atoms with Crippen LogP contribution >= 0.6 is 11.8 Å². The lowest BCUT2D eigenvalue weighted by Gasteiger charge is -2.27. The van der Waals surface area contributed by atoms with Crippen molar-refractivity contribution in [2.24, 2.45) is 0 Å². The highest BCUT2D eigenvalue weighted by atomic mass is 32.2. The van der Waals surface area contributed by atoms with Crippen molar-refractivity contribution in [1.29, 1.82) is 0 Å². The van der Waals surface area contributed by atoms with Crippen LogP contribution in [0.2, 0.25) is 0 Å². The van der Waals surface area contributed by atoms with Crippen LogP contribution in [0.15, 0.2) is 39.9 Å². The number of nitro groups is 1. The van der Waals surface area contributed by atoms with E-state index < -0.39 is 16.7 Å². The quantitative estimate of drug-likeness (QED) is 0.623. The van der Waals surface area contributed by atoms with Crippen molar-refractivity contribution in [3.05, 3.63) is 46.3 Å². The van der Waals surface area contributed by atoms with Crippen molar-refractivity contribution in [1.82, 2.24) is 4.98 Å². The smallest absolute Gasteiger partial charge is 0.395 e. The summed E-state index contributed by atoms with van der Waals surface area (Å²) in [5.41, 5.74) is 0.702. The number of rotatable bonds is 2. The standard InChI is InChI=1S/C12H9N3O4S/c16-12(9-3-4-10(19-9)15(17)18)14-6-7-20-11-8(14)2-1-5-13-11/h1-5H,6-7H2. The first-order valence-corrected chi connectivity index (χ1v) is 6.79. The van der Waals surface area contributed by atoms with Gasteiger partial charge >= 0.3 is 5.88 Å². The minimum absolute atomic E-state index is 0.0431. The Labute approximate surface area is 117 Å². The molecule has 0 unspecified atom stereocenters. The molecule has 0 saturated heterocycles. The predicted octanol–water partition coefficient (Wildman–Crippen LogP) is 2.34. The van der Waals surface area contributed by atoms with Crippen LogP contribution in [0.25, 0.3) is 0 Å². The van der Waals surface area contributed by atoms with E-state index in [0.717, 1.165) is 10.8 Å². The van der Waals surface area contributed by atoms with Crippen molar-refractivity contribution >= 4 is 29.2 Å². The van der Waals surface area contributed by atoms with Crippen molar-refractivity contribution in [2.45, 2.75) is 5.03 Å². The monoisotopic (exact) mass is 291 g/mol. The normalized spacial score (nSPS) is 13.9. The molecule has 0 saturated carbocycles. The van der Waals surface area contributed by atoms with Gasteiger partial charge in [0.2, 0.25) is 0 Å². The molecule has 0 N–H and O–H groups in total. The molecule has 102 valence electrons. The van der Waals surface area contributed by atoms with Gasteiger partial charge in [-0.3, -0.25) is 14.9 Å². The average molecular weight is 291 g/mol. The Hall–Kier alpha value is -2.35. The molecule has 0 radical (unpaired) electrons. The van der Waals surface area contributed by atoms with Crippen LogP contribution in [0, 0.1) is 10.1 Å². The molecule has 0 aromatic carbocycles. The van der Waals surface area contributed by atoms with Crippen LogP contribution in [-0.2, 0) is 0 Å². The number of amides is 1. The molecule has 2 aromatic heterocycles. The van der Waals surface area contributed by atoms with Gasteiger partial charge in [0.15, 0.2) is 5.76 Å². The molecule has 0 bridgehead atoms. The maximum atomic E-state index is 12.4. The Kier molecular flexibility index (Phi) is 3.15. The minimum Gasteiger partial charge on any atom is -0.395 e. The highest BCUT2D eigenvalue weighted by Crippen LogP contribution is 2.33. The van der Waals surface area contributed by atoms with Crippen LogP contribution in [0.1, 0.15) is 10.6 Å². The number of thioether (sulfide) groups is 1. The SMILES string of the molecule is O=C(c1ccc([N+](=O)[O-])o1)N1CCSc2ncccc21. The lowest BCUT2D eigenvalue weighted by Crippen LogP contribution is -2.35. The molecule has 2 aromatic rings. The molecule has 3 rings (SSSR count). The highest BCUT2D eigenvalue weighted by Gasteiger charge is 2.27. The van der Waals surface area contributed by atoms with Crippen LogP contribution in [0.4, 0.5) is 11.6 Å². The van der Waals surface area contributed by atoms with Gasteiger partial charge in [0.05, 0.1) is 11.8 Å². The van der Waals surface area contributed by atoms with E-state index in [1.54, 1.807) is 30.1 Å². The summed E-state index contributed by atoms with van der Waals surface area (Å²) in [6.45, 7) is 0.511. The Morgan fingerprint density at radius 1 is 1.45 bits per heavy atom. The molecule has 20 heavy (non-hydrogen) atoms. The highest BCUT2D eigenvalue weighted by molar-refractivity contribution is 7.99. The topological polar surface area (TPSA) is 89.5 Å². The summed E-state index contributed by atoms with van der Waals surface area (Å²) < 4.78 is 4.96. The molecular formula is C12H9N3O4S. The fourth-order valence-electron chi connectivity index (χ4n) is 1.94. The zero-order chi connectivity index (χ0) is 14.1. The van der Waals surface area contributed by atoms with Crippen molar-refractivity contribution in [2.75, 3.05) is 17.2 Å². The van der Waals surface area contributed by atoms with E-state index in [2.05, 4.69) is 4.98 Å². The molecule has 1 aliphatic rings. The largest absolute Gasteiger partial charge is 0.433 e. The second-order valence-electron chi connectivity index (χ2n) is 4.03. The summed E-state index contributed by atoms with van der Waals surface area (Å²) in [6.07, 6.45) is 1.66. The van der Waals surface area contributed by atoms with E-state index >= 15 is 0 Å². The van der Waals surface area contributed by atoms with Crippen molar-refractivity contribution < 1.29 is 14.1 Å². The lowest BCUT2D eigenvalue weighted by atomic mass is 10.3. The van der Waals surface area contributed by atoms with Crippen LogP contribution in [-0.4, -0.2) is 28.1 Å². The third-order valence-electron chi connectivity index (χ3n) is 2.82. The Morgan fingerprint density at radius 2 is 2.30 bits per heavy atom. The first-order valence-electron chi connectivity index (χ1n) is 5.81. The van der Waals surface area contributed by atoms with E-state index in [0.29, 0.717) is 12.2 Å². The number of pyridine rings is 1. The third-order valence-corrected chi connectivity index (χ3v) is 3.80. The van der Waals surface area contributed by atoms with Gasteiger partial charge in [0, 0.05) is 18.5 Å². The summed E-state index contributed by atoms with van der Waals surface area (Å²) >= 11 is 1.57. The number of hydrogen-bond donors (Lipinski definition) is 0. The van der Waals surface area contributed by atoms with E-state index in [-0.39, 0.29) is 5.76 Å². The van der Waals surface area contributed by atoms with Crippen LogP contribution in [0.5, 0.6) is 0 Å². The van der Waals surface area contributed by atoms with Gasteiger partial charge < -0.3 is 9.32 Å². The number of fused-ring (bicyclic) bond motifs is 1. The van der Waals surface area contributed by atoms with Crippen LogP contribution in [0.3, 0.4) is 0 Å². The predicted molar refractivity (Wildman–Crippen MR) is 72.0 cm³/mol. The summed E-state index contributed by atoms with van der Waals surface area (Å²) in [4.78, 5) is 28.0. The molecule has 0 fully saturated rings. The number of aromatic nitrogens is 1. The zero-order valence-corrected chi connectivity index (χ0v) is 11.0. The summed E-state index contributed by atoms with van der Waals surface area (Å²) in [5, 5.41) is 11.4. The van der Waals surface area contributed by atoms with Crippen LogP contribution < -0.4 is 4.90 Å². The van der Waals surface area contributed by atoms with E-state index in [1.165, 1.54) is 17.0 Å². The number of nitrogens with zero attached hydrogens (tertiary/aromatic N) is 3. The van der Waals surface area contributed by atoms with Gasteiger partial charge in [-0.25, -0.2) is 4.98 Å². The minimum atomic E-state index is -0.668. The fraction of sp³-hybridized carbons (Fsp3) is 0.167. The molecule has 8 heteroatoms. The molecule has 0 spiro atoms. The molecule has 0 atom stereocenters. The van der Waals surface area contributed by atoms with Gasteiger partial charge in [-0.2, -0.15) is 0 Å². The van der Waals surface area contributed by atoms with E-state index in [9.17, 15) is 14.9 Å². The van der Waals surface area contributed by atoms with Gasteiger partial charge in [-0.15, -0.1) is 11.8 Å². The molecule has 7 nitrogen and oxygen atoms in total. The number of carbonyl (C=O) groups is 1. The average Bonchev–Trinajstić information content (AvgIpc) is 2.96. The molecule has 0 aliphatic carbocycles. The summed E-state index contributed by atoms with van der Waals surface area (Å²) in [7, 11) is 0. The number of furan rings is 1. The maximum Gasteiger partial charge on any atom is 0.433 e. The Morgan fingerprint density at radius 3 is 3.05 bits per heavy atom. The number of carbonyl (C=O) groups excluding carboxylic acids is 1. The molecule has 1 amide bonds. The second kappa shape index (κ2) is 4.97. The first kappa shape index (κ1) is 12.7. The van der Waals surface area contributed by atoms with Crippen molar-refractivity contribution in [3.8, 4) is 0 Å². The Bertz CT molecular complexity index is 685. The Balaban J connectivity index is 1.93. The third kappa shape index (κ3) is 2.14.